The number of ether oxygens (including phenoxy) is 1. The largest absolute Gasteiger partial charge is 0.458 e. The van der Waals surface area contributed by atoms with E-state index in [1.54, 1.807) is 11.6 Å². The lowest BCUT2D eigenvalue weighted by Gasteiger charge is -2.26. The molecule has 0 aliphatic heterocycles. The van der Waals surface area contributed by atoms with Gasteiger partial charge in [-0.05, 0) is 39.0 Å². The summed E-state index contributed by atoms with van der Waals surface area (Å²) in [6.07, 6.45) is 4.28. The zero-order chi connectivity index (χ0) is 14.0. The van der Waals surface area contributed by atoms with Gasteiger partial charge in [-0.2, -0.15) is 5.10 Å². The van der Waals surface area contributed by atoms with Gasteiger partial charge in [0.1, 0.15) is 6.10 Å². The van der Waals surface area contributed by atoms with Gasteiger partial charge in [-0.1, -0.05) is 13.3 Å². The summed E-state index contributed by atoms with van der Waals surface area (Å²) in [6.45, 7) is 6.56. The number of anilines is 1. The molecule has 5 heteroatoms. The Hall–Kier alpha value is -1.52. The van der Waals surface area contributed by atoms with E-state index in [2.05, 4.69) is 12.0 Å². The highest BCUT2D eigenvalue weighted by molar-refractivity contribution is 5.93. The topological polar surface area (TPSA) is 70.1 Å². The summed E-state index contributed by atoms with van der Waals surface area (Å²) in [4.78, 5) is 12.3. The smallest absolute Gasteiger partial charge is 0.359 e. The highest BCUT2D eigenvalue weighted by Crippen LogP contribution is 2.27. The van der Waals surface area contributed by atoms with E-state index in [1.165, 1.54) is 6.42 Å². The summed E-state index contributed by atoms with van der Waals surface area (Å²) in [5.74, 6) is 0.292. The maximum Gasteiger partial charge on any atom is 0.359 e. The minimum absolute atomic E-state index is 0.0242. The Morgan fingerprint density at radius 1 is 1.53 bits per heavy atom. The lowest BCUT2D eigenvalue weighted by Crippen LogP contribution is -2.26. The average molecular weight is 265 g/mol. The Morgan fingerprint density at radius 2 is 2.26 bits per heavy atom. The summed E-state index contributed by atoms with van der Waals surface area (Å²) >= 11 is 0. The van der Waals surface area contributed by atoms with Crippen LogP contribution in [0.4, 0.5) is 5.69 Å². The van der Waals surface area contributed by atoms with Crippen LogP contribution in [-0.2, 0) is 11.3 Å². The van der Waals surface area contributed by atoms with Gasteiger partial charge in [-0.3, -0.25) is 4.68 Å². The monoisotopic (exact) mass is 265 g/mol. The van der Waals surface area contributed by atoms with E-state index in [9.17, 15) is 4.79 Å². The first-order chi connectivity index (χ1) is 9.02. The summed E-state index contributed by atoms with van der Waals surface area (Å²) in [5.41, 5.74) is 7.46. The molecule has 19 heavy (non-hydrogen) atoms. The van der Waals surface area contributed by atoms with Crippen LogP contribution in [0, 0.1) is 12.8 Å². The van der Waals surface area contributed by atoms with Crippen molar-refractivity contribution in [2.75, 3.05) is 5.73 Å². The minimum Gasteiger partial charge on any atom is -0.458 e. The van der Waals surface area contributed by atoms with Crippen LogP contribution in [0.2, 0.25) is 0 Å². The zero-order valence-electron chi connectivity index (χ0n) is 12.0. The van der Waals surface area contributed by atoms with Gasteiger partial charge < -0.3 is 10.5 Å². The molecule has 0 aromatic carbocycles. The molecule has 1 heterocycles. The molecule has 1 fully saturated rings. The fraction of sp³-hybridized carbons (Fsp3) is 0.714. The van der Waals surface area contributed by atoms with Gasteiger partial charge >= 0.3 is 5.97 Å². The van der Waals surface area contributed by atoms with Crippen LogP contribution in [-0.4, -0.2) is 21.9 Å². The van der Waals surface area contributed by atoms with Gasteiger partial charge in [0.25, 0.3) is 0 Å². The first kappa shape index (κ1) is 13.9. The van der Waals surface area contributed by atoms with Gasteiger partial charge in [0.05, 0.1) is 11.4 Å². The highest BCUT2D eigenvalue weighted by Gasteiger charge is 2.26. The SMILES string of the molecule is CCn1nc(C)c(N)c1C(=O)OC1CCCC(C)C1. The molecule has 0 spiro atoms. The molecule has 2 N–H and O–H groups in total. The number of rotatable bonds is 3. The molecule has 106 valence electrons. The molecule has 1 aliphatic rings. The van der Waals surface area contributed by atoms with Crippen LogP contribution in [0.25, 0.3) is 0 Å². The number of hydrogen-bond donors (Lipinski definition) is 1. The van der Waals surface area contributed by atoms with Crippen molar-refractivity contribution < 1.29 is 9.53 Å². The van der Waals surface area contributed by atoms with Crippen molar-refractivity contribution in [3.63, 3.8) is 0 Å². The van der Waals surface area contributed by atoms with Crippen molar-refractivity contribution in [2.24, 2.45) is 5.92 Å². The van der Waals surface area contributed by atoms with Crippen molar-refractivity contribution in [3.05, 3.63) is 11.4 Å². The number of aryl methyl sites for hydroxylation is 2. The maximum absolute atomic E-state index is 12.3. The molecule has 1 aromatic heterocycles. The predicted octanol–water partition coefficient (Wildman–Crippen LogP) is 2.53. The highest BCUT2D eigenvalue weighted by atomic mass is 16.5. The molecule has 0 saturated heterocycles. The van der Waals surface area contributed by atoms with Crippen LogP contribution in [0.15, 0.2) is 0 Å². The van der Waals surface area contributed by atoms with Crippen LogP contribution in [0.1, 0.15) is 55.7 Å². The predicted molar refractivity (Wildman–Crippen MR) is 73.9 cm³/mol. The van der Waals surface area contributed by atoms with E-state index >= 15 is 0 Å². The van der Waals surface area contributed by atoms with Crippen molar-refractivity contribution in [1.29, 1.82) is 0 Å². The number of nitrogens with zero attached hydrogens (tertiary/aromatic N) is 2. The van der Waals surface area contributed by atoms with Gasteiger partial charge in [-0.15, -0.1) is 0 Å². The first-order valence-corrected chi connectivity index (χ1v) is 7.06. The van der Waals surface area contributed by atoms with E-state index in [0.29, 0.717) is 29.5 Å². The van der Waals surface area contributed by atoms with E-state index in [4.69, 9.17) is 10.5 Å². The van der Waals surface area contributed by atoms with Crippen molar-refractivity contribution >= 4 is 11.7 Å². The summed E-state index contributed by atoms with van der Waals surface area (Å²) in [7, 11) is 0. The molecule has 0 radical (unpaired) electrons. The second-order valence-electron chi connectivity index (χ2n) is 5.46. The lowest BCUT2D eigenvalue weighted by molar-refractivity contribution is 0.0143. The van der Waals surface area contributed by atoms with Gasteiger partial charge in [0.2, 0.25) is 0 Å². The third-order valence-corrected chi connectivity index (χ3v) is 3.83. The summed E-state index contributed by atoms with van der Waals surface area (Å²) in [6, 6.07) is 0. The third kappa shape index (κ3) is 2.91. The number of esters is 1. The van der Waals surface area contributed by atoms with Crippen molar-refractivity contribution in [1.82, 2.24) is 9.78 Å². The van der Waals surface area contributed by atoms with Crippen LogP contribution in [0.5, 0.6) is 0 Å². The number of aromatic nitrogens is 2. The Labute approximate surface area is 114 Å². The second kappa shape index (κ2) is 5.63. The molecule has 0 bridgehead atoms. The van der Waals surface area contributed by atoms with E-state index < -0.39 is 0 Å². The number of hydrogen-bond acceptors (Lipinski definition) is 4. The molecule has 5 nitrogen and oxygen atoms in total. The Morgan fingerprint density at radius 3 is 2.89 bits per heavy atom. The van der Waals surface area contributed by atoms with Crippen LogP contribution >= 0.6 is 0 Å². The van der Waals surface area contributed by atoms with Crippen LogP contribution in [0.3, 0.4) is 0 Å². The standard InChI is InChI=1S/C14H23N3O2/c1-4-17-13(12(15)10(3)16-17)14(18)19-11-7-5-6-9(2)8-11/h9,11H,4-8,15H2,1-3H3. The normalized spacial score (nSPS) is 23.3. The van der Waals surface area contributed by atoms with E-state index in [-0.39, 0.29) is 12.1 Å². The maximum atomic E-state index is 12.3. The molecule has 1 saturated carbocycles. The quantitative estimate of drug-likeness (QED) is 0.853. The van der Waals surface area contributed by atoms with E-state index in [1.807, 2.05) is 6.92 Å². The van der Waals surface area contributed by atoms with Crippen LogP contribution < -0.4 is 5.73 Å². The fourth-order valence-electron chi connectivity index (χ4n) is 2.73. The van der Waals surface area contributed by atoms with Gasteiger partial charge in [-0.25, -0.2) is 4.79 Å². The molecular weight excluding hydrogens is 242 g/mol. The first-order valence-electron chi connectivity index (χ1n) is 7.06. The number of nitrogen functional groups attached to an aromatic ring is 1. The van der Waals surface area contributed by atoms with Gasteiger partial charge in [0, 0.05) is 6.54 Å². The van der Waals surface area contributed by atoms with Gasteiger partial charge in [0.15, 0.2) is 5.69 Å². The molecule has 1 aliphatic carbocycles. The molecule has 1 aromatic rings. The molecular formula is C14H23N3O2. The number of carbonyl (C=O) groups excluding carboxylic acids is 1. The Balaban J connectivity index is 2.11. The molecule has 2 atom stereocenters. The molecule has 0 amide bonds. The fourth-order valence-corrected chi connectivity index (χ4v) is 2.73. The zero-order valence-corrected chi connectivity index (χ0v) is 12.0. The summed E-state index contributed by atoms with van der Waals surface area (Å²) < 4.78 is 7.23. The van der Waals surface area contributed by atoms with Crippen molar-refractivity contribution in [3.8, 4) is 0 Å². The lowest BCUT2D eigenvalue weighted by atomic mass is 9.89. The number of nitrogens with two attached hydrogens (primary N) is 1. The Kier molecular flexibility index (Phi) is 4.12. The molecule has 2 unspecified atom stereocenters. The van der Waals surface area contributed by atoms with Crippen molar-refractivity contribution in [2.45, 2.75) is 59.1 Å². The number of carbonyl (C=O) groups is 1. The van der Waals surface area contributed by atoms with E-state index in [0.717, 1.165) is 19.3 Å². The average Bonchev–Trinajstić information content (AvgIpc) is 2.65. The minimum atomic E-state index is -0.334. The summed E-state index contributed by atoms with van der Waals surface area (Å²) in [5, 5.41) is 4.25. The second-order valence-corrected chi connectivity index (χ2v) is 5.46. The Bertz CT molecular complexity index is 468. The molecule has 2 rings (SSSR count). The third-order valence-electron chi connectivity index (χ3n) is 3.83.